The quantitative estimate of drug-likeness (QED) is 0.557. The van der Waals surface area contributed by atoms with Gasteiger partial charge in [-0.2, -0.15) is 11.8 Å². The molecule has 0 aromatic rings. The number of hydrogen-bond donors (Lipinski definition) is 1. The van der Waals surface area contributed by atoms with Crippen LogP contribution >= 0.6 is 11.8 Å². The van der Waals surface area contributed by atoms with Gasteiger partial charge in [-0.3, -0.25) is 0 Å². The molecule has 0 amide bonds. The Bertz CT molecular complexity index is 76.6. The van der Waals surface area contributed by atoms with Gasteiger partial charge in [0.2, 0.25) is 0 Å². The molecule has 1 saturated heterocycles. The standard InChI is InChI=1S/C6H10NS/c1-2-6-5-8-4-3-7-6/h6-7H,1,3-5H2. The zero-order valence-electron chi connectivity index (χ0n) is 4.81. The van der Waals surface area contributed by atoms with E-state index in [1.54, 1.807) is 0 Å². The minimum Gasteiger partial charge on any atom is -0.308 e. The maximum atomic E-state index is 3.58. The van der Waals surface area contributed by atoms with Crippen molar-refractivity contribution in [1.82, 2.24) is 5.32 Å². The molecule has 2 heteroatoms. The lowest BCUT2D eigenvalue weighted by Gasteiger charge is -2.18. The second-order valence-corrected chi connectivity index (χ2v) is 2.94. The molecule has 1 N–H and O–H groups in total. The molecule has 1 aliphatic rings. The number of hydrogen-bond acceptors (Lipinski definition) is 2. The summed E-state index contributed by atoms with van der Waals surface area (Å²) in [6.07, 6.45) is 2.92. The van der Waals surface area contributed by atoms with Gasteiger partial charge in [0.05, 0.1) is 0 Å². The van der Waals surface area contributed by atoms with Gasteiger partial charge >= 0.3 is 0 Å². The molecule has 1 aliphatic heterocycles. The molecule has 1 heterocycles. The SMILES string of the molecule is C=[C]C1CSCCN1. The van der Waals surface area contributed by atoms with Crippen molar-refractivity contribution in [2.45, 2.75) is 6.04 Å². The van der Waals surface area contributed by atoms with E-state index in [2.05, 4.69) is 18.0 Å². The molecule has 8 heavy (non-hydrogen) atoms. The van der Waals surface area contributed by atoms with Gasteiger partial charge in [-0.1, -0.05) is 6.58 Å². The van der Waals surface area contributed by atoms with Crippen LogP contribution in [0.3, 0.4) is 0 Å². The molecule has 0 aromatic carbocycles. The Morgan fingerprint density at radius 3 is 3.00 bits per heavy atom. The fourth-order valence-corrected chi connectivity index (χ4v) is 1.60. The van der Waals surface area contributed by atoms with E-state index in [9.17, 15) is 0 Å². The fourth-order valence-electron chi connectivity index (χ4n) is 0.697. The summed E-state index contributed by atoms with van der Waals surface area (Å²) in [6.45, 7) is 4.69. The molecule has 0 aromatic heterocycles. The van der Waals surface area contributed by atoms with Crippen LogP contribution in [0.15, 0.2) is 6.58 Å². The third-order valence-corrected chi connectivity index (χ3v) is 2.23. The molecular weight excluding hydrogens is 118 g/mol. The van der Waals surface area contributed by atoms with Gasteiger partial charge in [-0.25, -0.2) is 0 Å². The summed E-state index contributed by atoms with van der Waals surface area (Å²) in [5.74, 6) is 2.38. The predicted molar refractivity (Wildman–Crippen MR) is 38.0 cm³/mol. The minimum atomic E-state index is 0.439. The average Bonchev–Trinajstić information content (AvgIpc) is 1.90. The van der Waals surface area contributed by atoms with E-state index >= 15 is 0 Å². The summed E-state index contributed by atoms with van der Waals surface area (Å²) >= 11 is 1.96. The molecule has 0 spiro atoms. The molecule has 0 aliphatic carbocycles. The fraction of sp³-hybridized carbons (Fsp3) is 0.667. The van der Waals surface area contributed by atoms with Crippen LogP contribution in [0.4, 0.5) is 0 Å². The second-order valence-electron chi connectivity index (χ2n) is 1.79. The lowest BCUT2D eigenvalue weighted by molar-refractivity contribution is 0.646. The summed E-state index contributed by atoms with van der Waals surface area (Å²) in [5.41, 5.74) is 0. The van der Waals surface area contributed by atoms with Crippen molar-refractivity contribution in [3.05, 3.63) is 12.7 Å². The maximum Gasteiger partial charge on any atom is 0.0409 e. The summed E-state index contributed by atoms with van der Waals surface area (Å²) in [6, 6.07) is 0.439. The van der Waals surface area contributed by atoms with Crippen molar-refractivity contribution < 1.29 is 0 Å². The highest BCUT2D eigenvalue weighted by Gasteiger charge is 2.07. The molecule has 0 bridgehead atoms. The normalized spacial score (nSPS) is 29.8. The van der Waals surface area contributed by atoms with Crippen LogP contribution in [0.1, 0.15) is 0 Å². The highest BCUT2D eigenvalue weighted by atomic mass is 32.2. The molecule has 1 nitrogen and oxygen atoms in total. The number of nitrogens with one attached hydrogen (secondary N) is 1. The van der Waals surface area contributed by atoms with Gasteiger partial charge in [0.1, 0.15) is 0 Å². The van der Waals surface area contributed by atoms with E-state index in [1.165, 1.54) is 5.75 Å². The Labute approximate surface area is 54.5 Å². The Morgan fingerprint density at radius 1 is 1.75 bits per heavy atom. The molecule has 1 atom stereocenters. The third kappa shape index (κ3) is 1.53. The smallest absolute Gasteiger partial charge is 0.0409 e. The van der Waals surface area contributed by atoms with E-state index in [1.807, 2.05) is 11.8 Å². The Hall–Kier alpha value is 0.0500. The Morgan fingerprint density at radius 2 is 2.62 bits per heavy atom. The first kappa shape index (κ1) is 6.17. The van der Waals surface area contributed by atoms with Gasteiger partial charge in [0, 0.05) is 24.1 Å². The van der Waals surface area contributed by atoms with Gasteiger partial charge in [0.25, 0.3) is 0 Å². The van der Waals surface area contributed by atoms with Crippen LogP contribution in [0, 0.1) is 6.08 Å². The Balaban J connectivity index is 2.22. The largest absolute Gasteiger partial charge is 0.308 e. The third-order valence-electron chi connectivity index (χ3n) is 1.17. The van der Waals surface area contributed by atoms with Crippen molar-refractivity contribution in [2.24, 2.45) is 0 Å². The molecule has 1 radical (unpaired) electrons. The van der Waals surface area contributed by atoms with Gasteiger partial charge < -0.3 is 5.32 Å². The first-order chi connectivity index (χ1) is 3.93. The summed E-state index contributed by atoms with van der Waals surface area (Å²) in [7, 11) is 0. The molecular formula is C6H10NS. The molecule has 1 rings (SSSR count). The van der Waals surface area contributed by atoms with E-state index in [4.69, 9.17) is 0 Å². The highest BCUT2D eigenvalue weighted by molar-refractivity contribution is 7.99. The zero-order valence-corrected chi connectivity index (χ0v) is 5.63. The topological polar surface area (TPSA) is 12.0 Å². The second kappa shape index (κ2) is 3.15. The predicted octanol–water partition coefficient (Wildman–Crippen LogP) is 0.681. The van der Waals surface area contributed by atoms with Gasteiger partial charge in [-0.15, -0.1) is 0 Å². The Kier molecular flexibility index (Phi) is 2.43. The summed E-state index contributed by atoms with van der Waals surface area (Å²) < 4.78 is 0. The van der Waals surface area contributed by atoms with Crippen molar-refractivity contribution in [3.8, 4) is 0 Å². The first-order valence-electron chi connectivity index (χ1n) is 2.77. The van der Waals surface area contributed by atoms with E-state index < -0.39 is 0 Å². The van der Waals surface area contributed by atoms with E-state index in [-0.39, 0.29) is 0 Å². The molecule has 1 unspecified atom stereocenters. The number of thioether (sulfide) groups is 1. The highest BCUT2D eigenvalue weighted by Crippen LogP contribution is 2.06. The monoisotopic (exact) mass is 128 g/mol. The lowest BCUT2D eigenvalue weighted by Crippen LogP contribution is -2.35. The van der Waals surface area contributed by atoms with Crippen molar-refractivity contribution in [3.63, 3.8) is 0 Å². The first-order valence-corrected chi connectivity index (χ1v) is 3.92. The van der Waals surface area contributed by atoms with Crippen molar-refractivity contribution in [1.29, 1.82) is 0 Å². The van der Waals surface area contributed by atoms with Crippen LogP contribution in [0.5, 0.6) is 0 Å². The zero-order chi connectivity index (χ0) is 5.82. The summed E-state index contributed by atoms with van der Waals surface area (Å²) in [5, 5.41) is 3.27. The van der Waals surface area contributed by atoms with Crippen LogP contribution < -0.4 is 5.32 Å². The summed E-state index contributed by atoms with van der Waals surface area (Å²) in [4.78, 5) is 0. The van der Waals surface area contributed by atoms with Crippen LogP contribution in [0.25, 0.3) is 0 Å². The lowest BCUT2D eigenvalue weighted by atomic mass is 10.3. The van der Waals surface area contributed by atoms with Gasteiger partial charge in [0.15, 0.2) is 0 Å². The van der Waals surface area contributed by atoms with Crippen LogP contribution in [-0.2, 0) is 0 Å². The minimum absolute atomic E-state index is 0.439. The molecule has 1 fully saturated rings. The van der Waals surface area contributed by atoms with E-state index in [0.29, 0.717) is 6.04 Å². The van der Waals surface area contributed by atoms with Gasteiger partial charge in [-0.05, 0) is 6.08 Å². The molecule has 0 saturated carbocycles. The average molecular weight is 128 g/mol. The maximum absolute atomic E-state index is 3.58. The van der Waals surface area contributed by atoms with Crippen LogP contribution in [0.2, 0.25) is 0 Å². The number of rotatable bonds is 1. The van der Waals surface area contributed by atoms with Crippen molar-refractivity contribution in [2.75, 3.05) is 18.1 Å². The molecule has 45 valence electrons. The van der Waals surface area contributed by atoms with E-state index in [0.717, 1.165) is 12.3 Å². The van der Waals surface area contributed by atoms with Crippen LogP contribution in [-0.4, -0.2) is 24.1 Å². The van der Waals surface area contributed by atoms with Crippen molar-refractivity contribution >= 4 is 11.8 Å².